The number of halogens is 1. The lowest BCUT2D eigenvalue weighted by molar-refractivity contribution is -0.139. The minimum Gasteiger partial charge on any atom is -0.376 e. The number of hydrogen-bond acceptors (Lipinski definition) is 4. The molecule has 2 atom stereocenters. The van der Waals surface area contributed by atoms with Crippen LogP contribution in [-0.4, -0.2) is 56.8 Å². The molecule has 1 N–H and O–H groups in total. The normalized spacial score (nSPS) is 29.7. The van der Waals surface area contributed by atoms with Crippen molar-refractivity contribution in [2.45, 2.75) is 75.5 Å². The Balaban J connectivity index is 1.37. The van der Waals surface area contributed by atoms with E-state index in [4.69, 9.17) is 4.74 Å². The minimum atomic E-state index is -3.37. The second-order valence-corrected chi connectivity index (χ2v) is 11.1. The Labute approximate surface area is 184 Å². The lowest BCUT2D eigenvalue weighted by Crippen LogP contribution is -2.59. The van der Waals surface area contributed by atoms with Crippen LogP contribution < -0.4 is 4.72 Å². The Bertz CT molecular complexity index is 881. The summed E-state index contributed by atoms with van der Waals surface area (Å²) in [4.78, 5) is 14.7. The number of rotatable bonds is 7. The van der Waals surface area contributed by atoms with Crippen LogP contribution in [0.2, 0.25) is 0 Å². The Morgan fingerprint density at radius 1 is 1.13 bits per heavy atom. The molecule has 0 unspecified atom stereocenters. The molecule has 2 saturated carbocycles. The predicted octanol–water partition coefficient (Wildman–Crippen LogP) is 3.19. The van der Waals surface area contributed by atoms with E-state index in [1.807, 2.05) is 17.0 Å². The molecule has 0 bridgehead atoms. The van der Waals surface area contributed by atoms with E-state index in [1.165, 1.54) is 6.07 Å². The molecular formula is C23H33FN2O4S. The van der Waals surface area contributed by atoms with Gasteiger partial charge in [-0.15, -0.1) is 0 Å². The number of hydrogen-bond donors (Lipinski definition) is 1. The maximum Gasteiger partial charge on any atom is 0.226 e. The van der Waals surface area contributed by atoms with Crippen LogP contribution in [0.1, 0.15) is 62.8 Å². The molecule has 4 rings (SSSR count). The van der Waals surface area contributed by atoms with Crippen molar-refractivity contribution in [3.8, 4) is 0 Å². The molecule has 0 radical (unpaired) electrons. The summed E-state index contributed by atoms with van der Waals surface area (Å²) in [5.74, 6) is 0.300. The summed E-state index contributed by atoms with van der Waals surface area (Å²) in [6.07, 6.45) is 7.97. The zero-order valence-corrected chi connectivity index (χ0v) is 19.0. The lowest BCUT2D eigenvalue weighted by Gasteiger charge is -2.42. The van der Waals surface area contributed by atoms with E-state index in [0.29, 0.717) is 19.6 Å². The van der Waals surface area contributed by atoms with E-state index in [0.717, 1.165) is 56.8 Å². The van der Waals surface area contributed by atoms with Crippen LogP contribution in [0, 0.1) is 11.7 Å². The summed E-state index contributed by atoms with van der Waals surface area (Å²) < 4.78 is 46.8. The summed E-state index contributed by atoms with van der Waals surface area (Å²) in [6.45, 7) is 0.992. The summed E-state index contributed by atoms with van der Waals surface area (Å²) in [5.41, 5.74) is 0.784. The SMILES string of the molecule is CS(=O)(=O)N[C@H]1CCCN(C(=O)C2CC2)[C@H]1CO[C@H]1CC[C@@H](c2ccccc2F)CC1. The zero-order chi connectivity index (χ0) is 22.0. The maximum absolute atomic E-state index is 14.1. The molecule has 2 aliphatic carbocycles. The Morgan fingerprint density at radius 2 is 1.84 bits per heavy atom. The number of likely N-dealkylation sites (tertiary alicyclic amines) is 1. The molecule has 172 valence electrons. The fraction of sp³-hybridized carbons (Fsp3) is 0.696. The first-order valence-electron chi connectivity index (χ1n) is 11.5. The van der Waals surface area contributed by atoms with Gasteiger partial charge in [-0.05, 0) is 68.9 Å². The van der Waals surface area contributed by atoms with E-state index in [2.05, 4.69) is 4.72 Å². The number of benzene rings is 1. The molecule has 0 aromatic heterocycles. The van der Waals surface area contributed by atoms with E-state index in [1.54, 1.807) is 6.07 Å². The molecule has 31 heavy (non-hydrogen) atoms. The second kappa shape index (κ2) is 9.55. The smallest absolute Gasteiger partial charge is 0.226 e. The average molecular weight is 453 g/mol. The molecule has 1 saturated heterocycles. The van der Waals surface area contributed by atoms with Crippen LogP contribution in [0.15, 0.2) is 24.3 Å². The van der Waals surface area contributed by atoms with Crippen LogP contribution in [0.5, 0.6) is 0 Å². The third-order valence-corrected chi connectivity index (χ3v) is 7.61. The number of carbonyl (C=O) groups is 1. The first kappa shape index (κ1) is 22.7. The monoisotopic (exact) mass is 452 g/mol. The number of nitrogens with zero attached hydrogens (tertiary/aromatic N) is 1. The third kappa shape index (κ3) is 5.84. The molecule has 6 nitrogen and oxygen atoms in total. The fourth-order valence-corrected chi connectivity index (χ4v) is 5.92. The Morgan fingerprint density at radius 3 is 2.48 bits per heavy atom. The summed E-state index contributed by atoms with van der Waals surface area (Å²) in [6, 6.07) is 6.38. The topological polar surface area (TPSA) is 75.7 Å². The van der Waals surface area contributed by atoms with Gasteiger partial charge in [0.15, 0.2) is 0 Å². The average Bonchev–Trinajstić information content (AvgIpc) is 3.57. The van der Waals surface area contributed by atoms with Crippen LogP contribution in [0.4, 0.5) is 4.39 Å². The predicted molar refractivity (Wildman–Crippen MR) is 117 cm³/mol. The van der Waals surface area contributed by atoms with Gasteiger partial charge in [-0.2, -0.15) is 0 Å². The molecule has 1 heterocycles. The van der Waals surface area contributed by atoms with Gasteiger partial charge in [0.2, 0.25) is 15.9 Å². The molecule has 1 amide bonds. The highest BCUT2D eigenvalue weighted by Gasteiger charge is 2.41. The number of ether oxygens (including phenoxy) is 1. The van der Waals surface area contributed by atoms with Gasteiger partial charge >= 0.3 is 0 Å². The Kier molecular flexibility index (Phi) is 6.98. The third-order valence-electron chi connectivity index (χ3n) is 6.88. The van der Waals surface area contributed by atoms with Crippen molar-refractivity contribution in [2.75, 3.05) is 19.4 Å². The van der Waals surface area contributed by atoms with Crippen molar-refractivity contribution < 1.29 is 22.3 Å². The number of carbonyl (C=O) groups excluding carboxylic acids is 1. The van der Waals surface area contributed by atoms with Crippen LogP contribution in [0.25, 0.3) is 0 Å². The lowest BCUT2D eigenvalue weighted by atomic mass is 9.82. The van der Waals surface area contributed by atoms with Gasteiger partial charge in [0, 0.05) is 18.5 Å². The largest absolute Gasteiger partial charge is 0.376 e. The molecule has 3 aliphatic rings. The van der Waals surface area contributed by atoms with Crippen molar-refractivity contribution in [3.63, 3.8) is 0 Å². The van der Waals surface area contributed by atoms with Crippen LogP contribution in [-0.2, 0) is 19.6 Å². The van der Waals surface area contributed by atoms with Crippen molar-refractivity contribution in [2.24, 2.45) is 5.92 Å². The van der Waals surface area contributed by atoms with Gasteiger partial charge in [-0.1, -0.05) is 18.2 Å². The molecule has 1 aliphatic heterocycles. The van der Waals surface area contributed by atoms with Crippen molar-refractivity contribution in [1.82, 2.24) is 9.62 Å². The highest BCUT2D eigenvalue weighted by molar-refractivity contribution is 7.88. The van der Waals surface area contributed by atoms with Gasteiger partial charge < -0.3 is 9.64 Å². The summed E-state index contributed by atoms with van der Waals surface area (Å²) in [5, 5.41) is 0. The number of amides is 1. The van der Waals surface area contributed by atoms with Crippen LogP contribution >= 0.6 is 0 Å². The standard InChI is InChI=1S/C23H33FN2O4S/c1-31(28,29)25-21-7-4-14-26(23(27)17-8-9-17)22(21)15-30-18-12-10-16(11-13-18)19-5-2-3-6-20(19)24/h2-3,5-6,16-18,21-22,25H,4,7-15H2,1H3/t16-,18+,21-,22-/m0/s1. The number of sulfonamides is 1. The van der Waals surface area contributed by atoms with Crippen molar-refractivity contribution in [1.29, 1.82) is 0 Å². The first-order valence-corrected chi connectivity index (χ1v) is 13.3. The molecule has 1 aromatic carbocycles. The van der Waals surface area contributed by atoms with Gasteiger partial charge in [0.05, 0.1) is 25.0 Å². The fourth-order valence-electron chi connectivity index (χ4n) is 5.10. The molecular weight excluding hydrogens is 419 g/mol. The number of nitrogens with one attached hydrogen (secondary N) is 1. The van der Waals surface area contributed by atoms with E-state index >= 15 is 0 Å². The molecule has 3 fully saturated rings. The molecule has 0 spiro atoms. The molecule has 8 heteroatoms. The van der Waals surface area contributed by atoms with Crippen LogP contribution in [0.3, 0.4) is 0 Å². The Hall–Kier alpha value is -1.51. The number of piperidine rings is 1. The maximum atomic E-state index is 14.1. The highest BCUT2D eigenvalue weighted by Crippen LogP contribution is 2.36. The summed E-state index contributed by atoms with van der Waals surface area (Å²) in [7, 11) is -3.37. The molecule has 1 aromatic rings. The van der Waals surface area contributed by atoms with Gasteiger partial charge in [-0.3, -0.25) is 4.79 Å². The van der Waals surface area contributed by atoms with Gasteiger partial charge in [-0.25, -0.2) is 17.5 Å². The van der Waals surface area contributed by atoms with E-state index < -0.39 is 10.0 Å². The van der Waals surface area contributed by atoms with E-state index in [-0.39, 0.29) is 41.7 Å². The van der Waals surface area contributed by atoms with Gasteiger partial charge in [0.25, 0.3) is 0 Å². The second-order valence-electron chi connectivity index (χ2n) is 9.34. The van der Waals surface area contributed by atoms with Crippen molar-refractivity contribution in [3.05, 3.63) is 35.6 Å². The van der Waals surface area contributed by atoms with Crippen molar-refractivity contribution >= 4 is 15.9 Å². The highest BCUT2D eigenvalue weighted by atomic mass is 32.2. The summed E-state index contributed by atoms with van der Waals surface area (Å²) >= 11 is 0. The first-order chi connectivity index (χ1) is 14.8. The minimum absolute atomic E-state index is 0.0571. The zero-order valence-electron chi connectivity index (χ0n) is 18.1. The van der Waals surface area contributed by atoms with E-state index in [9.17, 15) is 17.6 Å². The quantitative estimate of drug-likeness (QED) is 0.689. The van der Waals surface area contributed by atoms with Gasteiger partial charge in [0.1, 0.15) is 5.82 Å².